The van der Waals surface area contributed by atoms with Gasteiger partial charge in [-0.1, -0.05) is 6.58 Å². The predicted molar refractivity (Wildman–Crippen MR) is 77.8 cm³/mol. The number of unbranched alkanes of at least 4 members (excludes halogenated alkanes) is 2. The average molecular weight is 318 g/mol. The van der Waals surface area contributed by atoms with Crippen LogP contribution in [0.25, 0.3) is 0 Å². The van der Waals surface area contributed by atoms with Crippen LogP contribution in [0.3, 0.4) is 0 Å². The molecule has 4 nitrogen and oxygen atoms in total. The Morgan fingerprint density at radius 1 is 1.18 bits per heavy atom. The van der Waals surface area contributed by atoms with Gasteiger partial charge in [0.2, 0.25) is 0 Å². The monoisotopic (exact) mass is 318 g/mol. The fourth-order valence-corrected chi connectivity index (χ4v) is 2.24. The molecule has 0 heterocycles. The third-order valence-corrected chi connectivity index (χ3v) is 3.54. The van der Waals surface area contributed by atoms with Crippen LogP contribution < -0.4 is 0 Å². The Bertz CT molecular complexity index is 398. The van der Waals surface area contributed by atoms with Crippen LogP contribution in [-0.4, -0.2) is 37.0 Å². The maximum Gasteiger partial charge on any atom is 0.333 e. The van der Waals surface area contributed by atoms with E-state index in [1.54, 1.807) is 6.92 Å². The summed E-state index contributed by atoms with van der Waals surface area (Å²) in [6.07, 6.45) is -0.934. The van der Waals surface area contributed by atoms with E-state index >= 15 is 0 Å². The fraction of sp³-hybridized carbons (Fsp3) is 0.750. The van der Waals surface area contributed by atoms with Gasteiger partial charge >= 0.3 is 11.9 Å². The number of carbonyl (C=O) groups is 2. The van der Waals surface area contributed by atoms with E-state index in [2.05, 4.69) is 6.58 Å². The minimum absolute atomic E-state index is 0.188. The Labute approximate surface area is 129 Å². The zero-order valence-electron chi connectivity index (χ0n) is 13.0. The van der Waals surface area contributed by atoms with Gasteiger partial charge in [0.15, 0.2) is 0 Å². The Balaban J connectivity index is 2.06. The normalized spacial score (nSPS) is 24.6. The van der Waals surface area contributed by atoms with Crippen molar-refractivity contribution in [1.82, 2.24) is 0 Å². The first-order chi connectivity index (χ1) is 10.4. The van der Waals surface area contributed by atoms with Crippen LogP contribution in [0.15, 0.2) is 12.2 Å². The molecule has 0 aromatic carbocycles. The highest BCUT2D eigenvalue weighted by Crippen LogP contribution is 2.26. The van der Waals surface area contributed by atoms with Crippen LogP contribution >= 0.6 is 0 Å². The quantitative estimate of drug-likeness (QED) is 0.391. The Hall–Kier alpha value is -1.46. The van der Waals surface area contributed by atoms with Crippen molar-refractivity contribution in [3.8, 4) is 0 Å². The second-order valence-electron chi connectivity index (χ2n) is 5.68. The zero-order valence-corrected chi connectivity index (χ0v) is 13.0. The van der Waals surface area contributed by atoms with Crippen LogP contribution in [0, 0.1) is 0 Å². The molecule has 1 aliphatic carbocycles. The predicted octanol–water partition coefficient (Wildman–Crippen LogP) is 3.44. The lowest BCUT2D eigenvalue weighted by Crippen LogP contribution is -2.35. The standard InChI is InChI=1S/C16H24F2O4/c1-11(2)16(20)21-9-5-3-4-6-15(19)22-14-8-7-12(17)10-13(14)18/h12-14H,1,3-10H2,2H3. The smallest absolute Gasteiger partial charge is 0.333 e. The van der Waals surface area contributed by atoms with Gasteiger partial charge in [0.25, 0.3) is 0 Å². The number of alkyl halides is 2. The molecule has 3 unspecified atom stereocenters. The molecule has 0 N–H and O–H groups in total. The number of ether oxygens (including phenoxy) is 2. The Morgan fingerprint density at radius 2 is 1.91 bits per heavy atom. The highest BCUT2D eigenvalue weighted by molar-refractivity contribution is 5.86. The molecule has 126 valence electrons. The van der Waals surface area contributed by atoms with Crippen LogP contribution in [0.4, 0.5) is 8.78 Å². The Kier molecular flexibility index (Phi) is 8.06. The molecule has 22 heavy (non-hydrogen) atoms. The summed E-state index contributed by atoms with van der Waals surface area (Å²) in [5.41, 5.74) is 0.354. The number of hydrogen-bond donors (Lipinski definition) is 0. The van der Waals surface area contributed by atoms with E-state index in [1.807, 2.05) is 0 Å². The highest BCUT2D eigenvalue weighted by Gasteiger charge is 2.33. The minimum Gasteiger partial charge on any atom is -0.462 e. The average Bonchev–Trinajstić information content (AvgIpc) is 2.45. The van der Waals surface area contributed by atoms with Crippen LogP contribution in [-0.2, 0) is 19.1 Å². The Morgan fingerprint density at radius 3 is 2.55 bits per heavy atom. The zero-order chi connectivity index (χ0) is 16.5. The molecule has 0 amide bonds. The molecular formula is C16H24F2O4. The second-order valence-corrected chi connectivity index (χ2v) is 5.68. The van der Waals surface area contributed by atoms with E-state index < -0.39 is 30.4 Å². The molecule has 1 rings (SSSR count). The molecule has 0 aliphatic heterocycles. The van der Waals surface area contributed by atoms with Gasteiger partial charge in [-0.2, -0.15) is 0 Å². The molecule has 3 atom stereocenters. The maximum absolute atomic E-state index is 13.5. The summed E-state index contributed by atoms with van der Waals surface area (Å²) in [5, 5.41) is 0. The van der Waals surface area contributed by atoms with Crippen molar-refractivity contribution in [3.63, 3.8) is 0 Å². The van der Waals surface area contributed by atoms with Crippen molar-refractivity contribution < 1.29 is 27.8 Å². The molecule has 0 aromatic rings. The molecule has 0 saturated heterocycles. The van der Waals surface area contributed by atoms with Crippen LogP contribution in [0.1, 0.15) is 51.9 Å². The van der Waals surface area contributed by atoms with Crippen molar-refractivity contribution in [2.75, 3.05) is 6.61 Å². The van der Waals surface area contributed by atoms with Crippen molar-refractivity contribution >= 4 is 11.9 Å². The summed E-state index contributed by atoms with van der Waals surface area (Å²) >= 11 is 0. The number of halogens is 2. The molecule has 0 bridgehead atoms. The molecule has 0 aromatic heterocycles. The largest absolute Gasteiger partial charge is 0.462 e. The molecule has 6 heteroatoms. The maximum atomic E-state index is 13.5. The summed E-state index contributed by atoms with van der Waals surface area (Å²) in [4.78, 5) is 22.7. The van der Waals surface area contributed by atoms with E-state index in [-0.39, 0.29) is 32.3 Å². The van der Waals surface area contributed by atoms with Gasteiger partial charge in [0.05, 0.1) is 6.61 Å². The third-order valence-electron chi connectivity index (χ3n) is 3.54. The third kappa shape index (κ3) is 7.00. The summed E-state index contributed by atoms with van der Waals surface area (Å²) in [6.45, 7) is 5.33. The second kappa shape index (κ2) is 9.54. The van der Waals surface area contributed by atoms with Crippen molar-refractivity contribution in [2.45, 2.75) is 70.3 Å². The molecular weight excluding hydrogens is 294 g/mol. The van der Waals surface area contributed by atoms with Gasteiger partial charge in [-0.05, 0) is 39.0 Å². The number of hydrogen-bond acceptors (Lipinski definition) is 4. The lowest BCUT2D eigenvalue weighted by molar-refractivity contribution is -0.155. The van der Waals surface area contributed by atoms with Gasteiger partial charge in [-0.15, -0.1) is 0 Å². The lowest BCUT2D eigenvalue weighted by Gasteiger charge is -2.27. The summed E-state index contributed by atoms with van der Waals surface area (Å²) in [5.74, 6) is -0.874. The number of esters is 2. The van der Waals surface area contributed by atoms with E-state index in [9.17, 15) is 18.4 Å². The molecule has 0 spiro atoms. The van der Waals surface area contributed by atoms with Gasteiger partial charge in [-0.25, -0.2) is 13.6 Å². The lowest BCUT2D eigenvalue weighted by atomic mass is 9.94. The van der Waals surface area contributed by atoms with Crippen LogP contribution in [0.2, 0.25) is 0 Å². The fourth-order valence-electron chi connectivity index (χ4n) is 2.24. The van der Waals surface area contributed by atoms with Gasteiger partial charge < -0.3 is 9.47 Å². The highest BCUT2D eigenvalue weighted by atomic mass is 19.1. The van der Waals surface area contributed by atoms with Crippen LogP contribution in [0.5, 0.6) is 0 Å². The minimum atomic E-state index is -1.41. The topological polar surface area (TPSA) is 52.6 Å². The van der Waals surface area contributed by atoms with E-state index in [1.165, 1.54) is 0 Å². The SMILES string of the molecule is C=C(C)C(=O)OCCCCCC(=O)OC1CCC(F)CC1F. The van der Waals surface area contributed by atoms with E-state index in [4.69, 9.17) is 9.47 Å². The van der Waals surface area contributed by atoms with Gasteiger partial charge in [-0.3, -0.25) is 4.79 Å². The molecule has 1 fully saturated rings. The van der Waals surface area contributed by atoms with Gasteiger partial charge in [0.1, 0.15) is 18.4 Å². The van der Waals surface area contributed by atoms with Crippen molar-refractivity contribution in [3.05, 3.63) is 12.2 Å². The van der Waals surface area contributed by atoms with Gasteiger partial charge in [0, 0.05) is 18.4 Å². The molecule has 1 saturated carbocycles. The first-order valence-corrected chi connectivity index (χ1v) is 7.70. The molecule has 0 radical (unpaired) electrons. The first-order valence-electron chi connectivity index (χ1n) is 7.70. The number of rotatable bonds is 8. The number of carbonyl (C=O) groups excluding carboxylic acids is 2. The van der Waals surface area contributed by atoms with Crippen molar-refractivity contribution in [2.24, 2.45) is 0 Å². The molecule has 1 aliphatic rings. The van der Waals surface area contributed by atoms with E-state index in [0.29, 0.717) is 24.8 Å². The summed E-state index contributed by atoms with van der Waals surface area (Å²) < 4.78 is 36.4. The summed E-state index contributed by atoms with van der Waals surface area (Å²) in [6, 6.07) is 0. The first kappa shape index (κ1) is 18.6. The summed E-state index contributed by atoms with van der Waals surface area (Å²) in [7, 11) is 0. The van der Waals surface area contributed by atoms with E-state index in [0.717, 1.165) is 0 Å². The van der Waals surface area contributed by atoms with Crippen molar-refractivity contribution in [1.29, 1.82) is 0 Å².